The zero-order valence-electron chi connectivity index (χ0n) is 8.93. The predicted molar refractivity (Wildman–Crippen MR) is 56.2 cm³/mol. The van der Waals surface area contributed by atoms with Crippen LogP contribution in [-0.2, 0) is 0 Å². The first kappa shape index (κ1) is 12.3. The zero-order chi connectivity index (χ0) is 9.99. The van der Waals surface area contributed by atoms with Crippen LogP contribution in [0.4, 0.5) is 0 Å². The third kappa shape index (κ3) is 6.95. The topological polar surface area (TPSA) is 32.3 Å². The predicted octanol–water partition coefficient (Wildman–Crippen LogP) is 2.18. The molecule has 0 aromatic heterocycles. The van der Waals surface area contributed by atoms with Crippen LogP contribution < -0.4 is 5.32 Å². The van der Waals surface area contributed by atoms with Crippen LogP contribution in [0.15, 0.2) is 0 Å². The summed E-state index contributed by atoms with van der Waals surface area (Å²) in [6.45, 7) is 12.3. The van der Waals surface area contributed by atoms with Crippen LogP contribution in [0.25, 0.3) is 0 Å². The Bertz CT molecular complexity index is 138. The smallest absolute Gasteiger partial charge is 0.0982 e. The molecule has 1 unspecified atom stereocenters. The van der Waals surface area contributed by atoms with E-state index < -0.39 is 0 Å². The minimum Gasteiger partial charge on any atom is -0.383 e. The van der Waals surface area contributed by atoms with Crippen LogP contribution in [0.3, 0.4) is 0 Å². The Hall–Kier alpha value is 0.270. The van der Waals surface area contributed by atoms with Crippen molar-refractivity contribution >= 4 is 11.8 Å². The molecule has 0 rings (SSSR count). The second kappa shape index (κ2) is 3.99. The maximum atomic E-state index is 9.21. The van der Waals surface area contributed by atoms with Gasteiger partial charge in [-0.3, -0.25) is 5.32 Å². The lowest BCUT2D eigenvalue weighted by atomic mass is 10.1. The molecule has 0 amide bonds. The molecule has 0 aromatic rings. The number of hydrogen-bond acceptors (Lipinski definition) is 3. The lowest BCUT2D eigenvalue weighted by Crippen LogP contribution is -2.48. The fourth-order valence-electron chi connectivity index (χ4n) is 1.36. The second-order valence-corrected chi connectivity index (χ2v) is 6.54. The zero-order valence-corrected chi connectivity index (χ0v) is 9.75. The van der Waals surface area contributed by atoms with Gasteiger partial charge in [0.2, 0.25) is 0 Å². The maximum absolute atomic E-state index is 9.21. The lowest BCUT2D eigenvalue weighted by Gasteiger charge is -2.35. The third-order valence-corrected chi connectivity index (χ3v) is 2.17. The Morgan fingerprint density at radius 3 is 1.83 bits per heavy atom. The Morgan fingerprint density at radius 1 is 1.17 bits per heavy atom. The average Bonchev–Trinajstić information content (AvgIpc) is 1.48. The molecule has 2 N–H and O–H groups in total. The van der Waals surface area contributed by atoms with Crippen molar-refractivity contribution in [2.45, 2.75) is 57.4 Å². The van der Waals surface area contributed by atoms with Gasteiger partial charge in [0.1, 0.15) is 0 Å². The second-order valence-electron chi connectivity index (χ2n) is 4.60. The molecule has 12 heavy (non-hydrogen) atoms. The number of nitrogens with one attached hydrogen (secondary N) is 1. The normalized spacial score (nSPS) is 16.2. The van der Waals surface area contributed by atoms with Crippen molar-refractivity contribution in [1.82, 2.24) is 5.32 Å². The summed E-state index contributed by atoms with van der Waals surface area (Å²) in [5, 5.41) is 12.6. The highest BCUT2D eigenvalue weighted by Crippen LogP contribution is 2.26. The first-order valence-electron chi connectivity index (χ1n) is 4.28. The van der Waals surface area contributed by atoms with Crippen molar-refractivity contribution < 1.29 is 5.11 Å². The summed E-state index contributed by atoms with van der Waals surface area (Å²) < 4.78 is 0. The molecule has 0 heterocycles. The molecular formula is C9H21NOS. The molecule has 74 valence electrons. The number of aliphatic hydroxyl groups excluding tert-OH is 1. The SMILES string of the molecule is CC(O)SC(C)(C)NC(C)(C)C. The molecule has 0 fully saturated rings. The molecule has 0 saturated carbocycles. The molecule has 0 aromatic carbocycles. The van der Waals surface area contributed by atoms with E-state index >= 15 is 0 Å². The highest BCUT2D eigenvalue weighted by Gasteiger charge is 2.25. The summed E-state index contributed by atoms with van der Waals surface area (Å²) in [6, 6.07) is 0. The van der Waals surface area contributed by atoms with E-state index in [2.05, 4.69) is 39.9 Å². The van der Waals surface area contributed by atoms with E-state index in [0.717, 1.165) is 0 Å². The van der Waals surface area contributed by atoms with E-state index in [9.17, 15) is 5.11 Å². The molecule has 0 radical (unpaired) electrons. The van der Waals surface area contributed by atoms with Crippen LogP contribution in [0.1, 0.15) is 41.5 Å². The van der Waals surface area contributed by atoms with Gasteiger partial charge in [0.05, 0.1) is 10.3 Å². The summed E-state index contributed by atoms with van der Waals surface area (Å²) >= 11 is 1.53. The molecule has 2 nitrogen and oxygen atoms in total. The van der Waals surface area contributed by atoms with Crippen molar-refractivity contribution in [3.8, 4) is 0 Å². The van der Waals surface area contributed by atoms with Gasteiger partial charge in [-0.05, 0) is 41.5 Å². The first-order valence-corrected chi connectivity index (χ1v) is 5.16. The number of thioether (sulfide) groups is 1. The summed E-state index contributed by atoms with van der Waals surface area (Å²) in [5.41, 5.74) is -0.236. The van der Waals surface area contributed by atoms with Gasteiger partial charge >= 0.3 is 0 Å². The van der Waals surface area contributed by atoms with Gasteiger partial charge in [0.25, 0.3) is 0 Å². The van der Waals surface area contributed by atoms with Crippen molar-refractivity contribution in [3.63, 3.8) is 0 Å². The Labute approximate surface area is 80.1 Å². The minimum atomic E-state index is -0.324. The summed E-state index contributed by atoms with van der Waals surface area (Å²) in [6.07, 6.45) is 0. The van der Waals surface area contributed by atoms with Gasteiger partial charge in [-0.25, -0.2) is 0 Å². The molecule has 0 aliphatic rings. The van der Waals surface area contributed by atoms with Gasteiger partial charge in [0.15, 0.2) is 0 Å². The molecule has 0 aliphatic carbocycles. The van der Waals surface area contributed by atoms with Crippen molar-refractivity contribution in [3.05, 3.63) is 0 Å². The summed E-state index contributed by atoms with van der Waals surface area (Å²) in [7, 11) is 0. The van der Waals surface area contributed by atoms with E-state index in [1.54, 1.807) is 6.92 Å². The van der Waals surface area contributed by atoms with Crippen LogP contribution in [0, 0.1) is 0 Å². The van der Waals surface area contributed by atoms with Gasteiger partial charge in [-0.15, -0.1) is 11.8 Å². The first-order chi connectivity index (χ1) is 5.12. The maximum Gasteiger partial charge on any atom is 0.0982 e. The fourth-order valence-corrected chi connectivity index (χ4v) is 2.58. The average molecular weight is 191 g/mol. The lowest BCUT2D eigenvalue weighted by molar-refractivity contribution is 0.277. The highest BCUT2D eigenvalue weighted by molar-refractivity contribution is 8.00. The van der Waals surface area contributed by atoms with Crippen LogP contribution in [-0.4, -0.2) is 21.0 Å². The fraction of sp³-hybridized carbons (Fsp3) is 1.00. The van der Waals surface area contributed by atoms with Crippen LogP contribution >= 0.6 is 11.8 Å². The molecule has 0 bridgehead atoms. The van der Waals surface area contributed by atoms with E-state index in [0.29, 0.717) is 0 Å². The van der Waals surface area contributed by atoms with Gasteiger partial charge in [-0.2, -0.15) is 0 Å². The standard InChI is InChI=1S/C9H21NOS/c1-7(11)12-9(5,6)10-8(2,3)4/h7,10-11H,1-6H3. The van der Waals surface area contributed by atoms with E-state index in [1.807, 2.05) is 0 Å². The van der Waals surface area contributed by atoms with Crippen LogP contribution in [0.5, 0.6) is 0 Å². The Kier molecular flexibility index (Phi) is 4.08. The van der Waals surface area contributed by atoms with E-state index in [1.165, 1.54) is 11.8 Å². The molecule has 0 aliphatic heterocycles. The summed E-state index contributed by atoms with van der Waals surface area (Å²) in [5.74, 6) is 0. The van der Waals surface area contributed by atoms with Crippen molar-refractivity contribution in [2.24, 2.45) is 0 Å². The Balaban J connectivity index is 4.04. The van der Waals surface area contributed by atoms with Gasteiger partial charge in [-0.1, -0.05) is 0 Å². The minimum absolute atomic E-state index is 0.0770. The molecule has 3 heteroatoms. The van der Waals surface area contributed by atoms with Gasteiger partial charge in [0, 0.05) is 5.54 Å². The van der Waals surface area contributed by atoms with Crippen molar-refractivity contribution in [1.29, 1.82) is 0 Å². The van der Waals surface area contributed by atoms with E-state index in [4.69, 9.17) is 0 Å². The molecule has 0 spiro atoms. The number of rotatable bonds is 3. The monoisotopic (exact) mass is 191 g/mol. The largest absolute Gasteiger partial charge is 0.383 e. The molecular weight excluding hydrogens is 170 g/mol. The van der Waals surface area contributed by atoms with Crippen LogP contribution in [0.2, 0.25) is 0 Å². The molecule has 0 saturated heterocycles. The summed E-state index contributed by atoms with van der Waals surface area (Å²) in [4.78, 5) is -0.0770. The number of hydrogen-bond donors (Lipinski definition) is 2. The third-order valence-electron chi connectivity index (χ3n) is 1.14. The quantitative estimate of drug-likeness (QED) is 0.671. The molecule has 1 atom stereocenters. The van der Waals surface area contributed by atoms with Gasteiger partial charge < -0.3 is 5.11 Å². The van der Waals surface area contributed by atoms with Crippen molar-refractivity contribution in [2.75, 3.05) is 0 Å². The highest BCUT2D eigenvalue weighted by atomic mass is 32.2. The Morgan fingerprint density at radius 2 is 1.58 bits per heavy atom. The number of aliphatic hydroxyl groups is 1. The van der Waals surface area contributed by atoms with E-state index in [-0.39, 0.29) is 15.8 Å².